The van der Waals surface area contributed by atoms with Crippen LogP contribution < -0.4 is 14.8 Å². The summed E-state index contributed by atoms with van der Waals surface area (Å²) >= 11 is 0. The van der Waals surface area contributed by atoms with E-state index in [-0.39, 0.29) is 19.2 Å². The highest BCUT2D eigenvalue weighted by Gasteiger charge is 2.26. The van der Waals surface area contributed by atoms with Crippen LogP contribution in [0.15, 0.2) is 30.6 Å². The Morgan fingerprint density at radius 1 is 1.23 bits per heavy atom. The lowest BCUT2D eigenvalue weighted by Crippen LogP contribution is -2.36. The Kier molecular flexibility index (Phi) is 4.04. The van der Waals surface area contributed by atoms with Crippen LogP contribution in [0.2, 0.25) is 0 Å². The van der Waals surface area contributed by atoms with Gasteiger partial charge >= 0.3 is 0 Å². The molecule has 136 valence electrons. The normalized spacial score (nSPS) is 16.2. The molecule has 0 spiro atoms. The summed E-state index contributed by atoms with van der Waals surface area (Å²) in [6, 6.07) is 5.18. The van der Waals surface area contributed by atoms with Crippen LogP contribution in [0.3, 0.4) is 0 Å². The molecule has 0 unspecified atom stereocenters. The molecule has 0 saturated carbocycles. The standard InChI is InChI=1S/C17H17N3O5S/c1-26(22,23)20-5-4-13-11(9-20)7-18-8-14(13)17(21)19-12-2-3-15-16(6-12)25-10-24-15/h2-3,6-8H,4-5,9-10H2,1H3,(H,19,21). The minimum Gasteiger partial charge on any atom is -0.454 e. The zero-order valence-corrected chi connectivity index (χ0v) is 14.9. The fourth-order valence-electron chi connectivity index (χ4n) is 3.12. The first kappa shape index (κ1) is 16.8. The van der Waals surface area contributed by atoms with Crippen molar-refractivity contribution in [3.05, 3.63) is 47.3 Å². The number of ether oxygens (including phenoxy) is 2. The molecule has 1 aromatic carbocycles. The Balaban J connectivity index is 1.58. The third-order valence-electron chi connectivity index (χ3n) is 4.45. The summed E-state index contributed by atoms with van der Waals surface area (Å²) in [5.74, 6) is 0.934. The molecule has 0 aliphatic carbocycles. The number of nitrogens with one attached hydrogen (secondary N) is 1. The van der Waals surface area contributed by atoms with Crippen molar-refractivity contribution in [2.75, 3.05) is 24.9 Å². The van der Waals surface area contributed by atoms with E-state index in [2.05, 4.69) is 10.3 Å². The molecular weight excluding hydrogens is 358 g/mol. The van der Waals surface area contributed by atoms with E-state index in [1.54, 1.807) is 24.4 Å². The van der Waals surface area contributed by atoms with Crippen molar-refractivity contribution in [3.8, 4) is 11.5 Å². The predicted molar refractivity (Wildman–Crippen MR) is 93.7 cm³/mol. The Labute approximate surface area is 150 Å². The number of pyridine rings is 1. The summed E-state index contributed by atoms with van der Waals surface area (Å²) in [5, 5.41) is 2.83. The van der Waals surface area contributed by atoms with Gasteiger partial charge in [0.15, 0.2) is 11.5 Å². The van der Waals surface area contributed by atoms with Crippen molar-refractivity contribution >= 4 is 21.6 Å². The minimum absolute atomic E-state index is 0.166. The maximum Gasteiger partial charge on any atom is 0.257 e. The van der Waals surface area contributed by atoms with Crippen molar-refractivity contribution in [1.29, 1.82) is 0 Å². The summed E-state index contributed by atoms with van der Waals surface area (Å²) in [7, 11) is -3.28. The largest absolute Gasteiger partial charge is 0.454 e. The van der Waals surface area contributed by atoms with E-state index < -0.39 is 10.0 Å². The van der Waals surface area contributed by atoms with Crippen LogP contribution in [0.1, 0.15) is 21.5 Å². The zero-order valence-electron chi connectivity index (χ0n) is 14.1. The Morgan fingerprint density at radius 3 is 2.85 bits per heavy atom. The van der Waals surface area contributed by atoms with Gasteiger partial charge in [-0.25, -0.2) is 8.42 Å². The summed E-state index contributed by atoms with van der Waals surface area (Å²) in [5.41, 5.74) is 2.62. The number of fused-ring (bicyclic) bond motifs is 2. The number of carbonyl (C=O) groups excluding carboxylic acids is 1. The van der Waals surface area contributed by atoms with Gasteiger partial charge in [-0.05, 0) is 29.7 Å². The average molecular weight is 375 g/mol. The van der Waals surface area contributed by atoms with Crippen molar-refractivity contribution in [2.45, 2.75) is 13.0 Å². The van der Waals surface area contributed by atoms with Crippen LogP contribution in [-0.2, 0) is 23.0 Å². The first-order chi connectivity index (χ1) is 12.4. The summed E-state index contributed by atoms with van der Waals surface area (Å²) < 4.78 is 35.5. The molecule has 2 aliphatic heterocycles. The second-order valence-corrected chi connectivity index (χ2v) is 8.18. The number of hydrogen-bond donors (Lipinski definition) is 1. The Bertz CT molecular complexity index is 990. The third kappa shape index (κ3) is 3.11. The monoisotopic (exact) mass is 375 g/mol. The van der Waals surface area contributed by atoms with Crippen LogP contribution in [0.5, 0.6) is 11.5 Å². The van der Waals surface area contributed by atoms with E-state index in [0.29, 0.717) is 35.7 Å². The maximum atomic E-state index is 12.7. The second kappa shape index (κ2) is 6.26. The lowest BCUT2D eigenvalue weighted by molar-refractivity contribution is 0.102. The van der Waals surface area contributed by atoms with Crippen LogP contribution in [0.4, 0.5) is 5.69 Å². The molecular formula is C17H17N3O5S. The quantitative estimate of drug-likeness (QED) is 0.870. The van der Waals surface area contributed by atoms with Gasteiger partial charge in [-0.3, -0.25) is 9.78 Å². The number of hydrogen-bond acceptors (Lipinski definition) is 6. The molecule has 0 radical (unpaired) electrons. The highest BCUT2D eigenvalue weighted by molar-refractivity contribution is 7.88. The number of nitrogens with zero attached hydrogens (tertiary/aromatic N) is 2. The van der Waals surface area contributed by atoms with E-state index in [4.69, 9.17) is 9.47 Å². The molecule has 2 aliphatic rings. The highest BCUT2D eigenvalue weighted by atomic mass is 32.2. The molecule has 2 aromatic rings. The van der Waals surface area contributed by atoms with Gasteiger partial charge in [0, 0.05) is 37.2 Å². The van der Waals surface area contributed by atoms with E-state index in [1.165, 1.54) is 16.8 Å². The fourth-order valence-corrected chi connectivity index (χ4v) is 3.92. The molecule has 9 heteroatoms. The number of amides is 1. The van der Waals surface area contributed by atoms with Crippen molar-refractivity contribution in [3.63, 3.8) is 0 Å². The van der Waals surface area contributed by atoms with E-state index >= 15 is 0 Å². The number of benzene rings is 1. The van der Waals surface area contributed by atoms with E-state index in [9.17, 15) is 13.2 Å². The Morgan fingerprint density at radius 2 is 2.04 bits per heavy atom. The third-order valence-corrected chi connectivity index (χ3v) is 5.70. The smallest absolute Gasteiger partial charge is 0.257 e. The second-order valence-electron chi connectivity index (χ2n) is 6.19. The number of rotatable bonds is 3. The van der Waals surface area contributed by atoms with Crippen LogP contribution in [0.25, 0.3) is 0 Å². The van der Waals surface area contributed by atoms with Crippen LogP contribution in [-0.4, -0.2) is 43.2 Å². The van der Waals surface area contributed by atoms with Gasteiger partial charge in [0.25, 0.3) is 5.91 Å². The van der Waals surface area contributed by atoms with Crippen LogP contribution >= 0.6 is 0 Å². The molecule has 4 rings (SSSR count). The average Bonchev–Trinajstić information content (AvgIpc) is 3.07. The molecule has 1 N–H and O–H groups in total. The fraction of sp³-hybridized carbons (Fsp3) is 0.294. The molecule has 8 nitrogen and oxygen atoms in total. The van der Waals surface area contributed by atoms with Crippen LogP contribution in [0, 0.1) is 0 Å². The molecule has 1 amide bonds. The van der Waals surface area contributed by atoms with Crippen molar-refractivity contribution in [2.24, 2.45) is 0 Å². The van der Waals surface area contributed by atoms with Gasteiger partial charge in [0.1, 0.15) is 0 Å². The summed E-state index contributed by atoms with van der Waals surface area (Å²) in [4.78, 5) is 16.8. The first-order valence-corrected chi connectivity index (χ1v) is 9.88. The van der Waals surface area contributed by atoms with Gasteiger partial charge in [0.05, 0.1) is 11.8 Å². The molecule has 0 fully saturated rings. The predicted octanol–water partition coefficient (Wildman–Crippen LogP) is 1.38. The van der Waals surface area contributed by atoms with E-state index in [1.807, 2.05) is 0 Å². The molecule has 26 heavy (non-hydrogen) atoms. The minimum atomic E-state index is -3.28. The lowest BCUT2D eigenvalue weighted by Gasteiger charge is -2.27. The van der Waals surface area contributed by atoms with Gasteiger partial charge in [-0.1, -0.05) is 0 Å². The van der Waals surface area contributed by atoms with Crippen molar-refractivity contribution in [1.82, 2.24) is 9.29 Å². The molecule has 0 saturated heterocycles. The number of aromatic nitrogens is 1. The van der Waals surface area contributed by atoms with Gasteiger partial charge < -0.3 is 14.8 Å². The molecule has 0 atom stereocenters. The topological polar surface area (TPSA) is 97.8 Å². The van der Waals surface area contributed by atoms with E-state index in [0.717, 1.165) is 11.1 Å². The molecule has 1 aromatic heterocycles. The molecule has 3 heterocycles. The highest BCUT2D eigenvalue weighted by Crippen LogP contribution is 2.34. The zero-order chi connectivity index (χ0) is 18.3. The number of carbonyl (C=O) groups is 1. The number of sulfonamides is 1. The SMILES string of the molecule is CS(=O)(=O)N1CCc2c(cncc2C(=O)Nc2ccc3c(c2)OCO3)C1. The molecule has 0 bridgehead atoms. The summed E-state index contributed by atoms with van der Waals surface area (Å²) in [6.45, 7) is 0.742. The Hall–Kier alpha value is -2.65. The van der Waals surface area contributed by atoms with Gasteiger partial charge in [-0.2, -0.15) is 4.31 Å². The van der Waals surface area contributed by atoms with Crippen molar-refractivity contribution < 1.29 is 22.7 Å². The maximum absolute atomic E-state index is 12.7. The van der Waals surface area contributed by atoms with Gasteiger partial charge in [-0.15, -0.1) is 0 Å². The number of anilines is 1. The summed E-state index contributed by atoms with van der Waals surface area (Å²) in [6.07, 6.45) is 4.78. The first-order valence-electron chi connectivity index (χ1n) is 8.04. The lowest BCUT2D eigenvalue weighted by atomic mass is 9.98. The van der Waals surface area contributed by atoms with Gasteiger partial charge in [0.2, 0.25) is 16.8 Å².